The zero-order valence-electron chi connectivity index (χ0n) is 13.7. The highest BCUT2D eigenvalue weighted by Gasteiger charge is 2.10. The Kier molecular flexibility index (Phi) is 5.81. The molecule has 0 fully saturated rings. The highest BCUT2D eigenvalue weighted by molar-refractivity contribution is 7.15. The molecule has 0 aliphatic heterocycles. The molecule has 0 saturated heterocycles. The molecule has 0 radical (unpaired) electrons. The summed E-state index contributed by atoms with van der Waals surface area (Å²) in [4.78, 5) is 17.6. The van der Waals surface area contributed by atoms with E-state index in [1.165, 1.54) is 11.3 Å². The fourth-order valence-corrected chi connectivity index (χ4v) is 3.40. The molecule has 3 aromatic rings. The standard InChI is InChI=1S/C19H17ClN2O2S/c1-24-12-13-6-8-14(9-7-13)18(23)22-19-21-11-16(25-19)10-15-4-2-3-5-17(15)20/h2-9,11H,10,12H2,1H3,(H,21,22,23). The van der Waals surface area contributed by atoms with Crippen molar-refractivity contribution in [2.75, 3.05) is 12.4 Å². The molecule has 3 rings (SSSR count). The van der Waals surface area contributed by atoms with E-state index in [9.17, 15) is 4.79 Å². The normalized spacial score (nSPS) is 10.6. The summed E-state index contributed by atoms with van der Waals surface area (Å²) in [5, 5.41) is 4.15. The van der Waals surface area contributed by atoms with Crippen LogP contribution in [0.3, 0.4) is 0 Å². The Hall–Kier alpha value is -2.21. The van der Waals surface area contributed by atoms with Gasteiger partial charge >= 0.3 is 0 Å². The van der Waals surface area contributed by atoms with Crippen molar-refractivity contribution < 1.29 is 9.53 Å². The summed E-state index contributed by atoms with van der Waals surface area (Å²) in [6.45, 7) is 0.528. The van der Waals surface area contributed by atoms with Crippen molar-refractivity contribution >= 4 is 34.0 Å². The van der Waals surface area contributed by atoms with E-state index in [1.807, 2.05) is 36.4 Å². The van der Waals surface area contributed by atoms with Gasteiger partial charge in [0.1, 0.15) is 0 Å². The number of carbonyl (C=O) groups is 1. The SMILES string of the molecule is COCc1ccc(C(=O)Nc2ncc(Cc3ccccc3Cl)s2)cc1. The van der Waals surface area contributed by atoms with E-state index in [0.29, 0.717) is 23.7 Å². The van der Waals surface area contributed by atoms with Crippen LogP contribution in [0.15, 0.2) is 54.7 Å². The van der Waals surface area contributed by atoms with Crippen molar-refractivity contribution in [2.45, 2.75) is 13.0 Å². The summed E-state index contributed by atoms with van der Waals surface area (Å²) in [6.07, 6.45) is 2.46. The summed E-state index contributed by atoms with van der Waals surface area (Å²) in [6, 6.07) is 15.0. The molecule has 0 atom stereocenters. The molecule has 0 spiro atoms. The molecule has 0 aliphatic rings. The van der Waals surface area contributed by atoms with E-state index in [-0.39, 0.29) is 5.91 Å². The Morgan fingerprint density at radius 2 is 1.96 bits per heavy atom. The van der Waals surface area contributed by atoms with Crippen molar-refractivity contribution in [3.63, 3.8) is 0 Å². The lowest BCUT2D eigenvalue weighted by Gasteiger charge is -2.04. The number of benzene rings is 2. The Balaban J connectivity index is 1.64. The van der Waals surface area contributed by atoms with Gasteiger partial charge < -0.3 is 4.74 Å². The van der Waals surface area contributed by atoms with E-state index in [2.05, 4.69) is 10.3 Å². The van der Waals surface area contributed by atoms with Gasteiger partial charge in [0.05, 0.1) is 6.61 Å². The number of methoxy groups -OCH3 is 1. The number of halogens is 1. The monoisotopic (exact) mass is 372 g/mol. The van der Waals surface area contributed by atoms with Gasteiger partial charge in [-0.2, -0.15) is 0 Å². The lowest BCUT2D eigenvalue weighted by atomic mass is 10.1. The number of nitrogens with zero attached hydrogens (tertiary/aromatic N) is 1. The van der Waals surface area contributed by atoms with Gasteiger partial charge in [0.25, 0.3) is 5.91 Å². The van der Waals surface area contributed by atoms with E-state index < -0.39 is 0 Å². The fourth-order valence-electron chi connectivity index (χ4n) is 2.36. The zero-order chi connectivity index (χ0) is 17.6. The molecule has 1 amide bonds. The summed E-state index contributed by atoms with van der Waals surface area (Å²) in [5.74, 6) is -0.178. The minimum atomic E-state index is -0.178. The van der Waals surface area contributed by atoms with Crippen LogP contribution in [0.1, 0.15) is 26.4 Å². The van der Waals surface area contributed by atoms with Crippen LogP contribution >= 0.6 is 22.9 Å². The number of thiazole rings is 1. The topological polar surface area (TPSA) is 51.2 Å². The molecular weight excluding hydrogens is 356 g/mol. The highest BCUT2D eigenvalue weighted by atomic mass is 35.5. The molecule has 0 unspecified atom stereocenters. The summed E-state index contributed by atoms with van der Waals surface area (Å²) in [5.41, 5.74) is 2.65. The number of aromatic nitrogens is 1. The summed E-state index contributed by atoms with van der Waals surface area (Å²) < 4.78 is 5.07. The first kappa shape index (κ1) is 17.6. The van der Waals surface area contributed by atoms with Crippen molar-refractivity contribution in [1.82, 2.24) is 4.98 Å². The average Bonchev–Trinajstić information content (AvgIpc) is 3.05. The third-order valence-corrected chi connectivity index (χ3v) is 4.91. The molecule has 0 bridgehead atoms. The van der Waals surface area contributed by atoms with Crippen molar-refractivity contribution in [3.05, 3.63) is 81.3 Å². The van der Waals surface area contributed by atoms with Gasteiger partial charge in [-0.1, -0.05) is 41.9 Å². The largest absolute Gasteiger partial charge is 0.380 e. The van der Waals surface area contributed by atoms with E-state index in [4.69, 9.17) is 16.3 Å². The molecular formula is C19H17ClN2O2S. The smallest absolute Gasteiger partial charge is 0.257 e. The number of hydrogen-bond donors (Lipinski definition) is 1. The summed E-state index contributed by atoms with van der Waals surface area (Å²) >= 11 is 7.64. The molecule has 4 nitrogen and oxygen atoms in total. The minimum absolute atomic E-state index is 0.178. The Bertz CT molecular complexity index is 862. The maximum absolute atomic E-state index is 12.3. The van der Waals surface area contributed by atoms with Gasteiger partial charge in [-0.15, -0.1) is 11.3 Å². The van der Waals surface area contributed by atoms with Crippen molar-refractivity contribution in [1.29, 1.82) is 0 Å². The predicted molar refractivity (Wildman–Crippen MR) is 101 cm³/mol. The quantitative estimate of drug-likeness (QED) is 0.677. The number of ether oxygens (including phenoxy) is 1. The lowest BCUT2D eigenvalue weighted by Crippen LogP contribution is -2.11. The second-order valence-electron chi connectivity index (χ2n) is 5.48. The van der Waals surface area contributed by atoms with Crippen LogP contribution in [0.25, 0.3) is 0 Å². The Labute approximate surface area is 155 Å². The number of anilines is 1. The van der Waals surface area contributed by atoms with Crippen LogP contribution in [0.5, 0.6) is 0 Å². The third kappa shape index (κ3) is 4.66. The summed E-state index contributed by atoms with van der Waals surface area (Å²) in [7, 11) is 1.64. The molecule has 0 saturated carbocycles. The third-order valence-electron chi connectivity index (χ3n) is 3.62. The Morgan fingerprint density at radius 1 is 1.20 bits per heavy atom. The molecule has 1 heterocycles. The van der Waals surface area contributed by atoms with Crippen LogP contribution in [-0.4, -0.2) is 18.0 Å². The first-order chi connectivity index (χ1) is 12.2. The molecule has 1 N–H and O–H groups in total. The maximum Gasteiger partial charge on any atom is 0.257 e. The molecule has 1 aromatic heterocycles. The van der Waals surface area contributed by atoms with E-state index in [0.717, 1.165) is 21.0 Å². The first-order valence-electron chi connectivity index (χ1n) is 7.73. The number of carbonyl (C=O) groups excluding carboxylic acids is 1. The van der Waals surface area contributed by atoms with E-state index >= 15 is 0 Å². The van der Waals surface area contributed by atoms with Crippen LogP contribution in [0, 0.1) is 0 Å². The Morgan fingerprint density at radius 3 is 2.68 bits per heavy atom. The second-order valence-corrected chi connectivity index (χ2v) is 7.01. The van der Waals surface area contributed by atoms with Crippen molar-refractivity contribution in [2.24, 2.45) is 0 Å². The van der Waals surface area contributed by atoms with E-state index in [1.54, 1.807) is 25.4 Å². The number of hydrogen-bond acceptors (Lipinski definition) is 4. The number of rotatable bonds is 6. The maximum atomic E-state index is 12.3. The molecule has 25 heavy (non-hydrogen) atoms. The lowest BCUT2D eigenvalue weighted by molar-refractivity contribution is 0.102. The fraction of sp³-hybridized carbons (Fsp3) is 0.158. The first-order valence-corrected chi connectivity index (χ1v) is 8.92. The predicted octanol–water partition coefficient (Wildman–Crippen LogP) is 4.79. The van der Waals surface area contributed by atoms with Gasteiger partial charge in [0.2, 0.25) is 0 Å². The minimum Gasteiger partial charge on any atom is -0.380 e. The second kappa shape index (κ2) is 8.25. The zero-order valence-corrected chi connectivity index (χ0v) is 15.2. The van der Waals surface area contributed by atoms with Gasteiger partial charge in [-0.3, -0.25) is 10.1 Å². The van der Waals surface area contributed by atoms with Gasteiger partial charge in [-0.25, -0.2) is 4.98 Å². The van der Waals surface area contributed by atoms with Crippen LogP contribution in [0.4, 0.5) is 5.13 Å². The van der Waals surface area contributed by atoms with Crippen LogP contribution < -0.4 is 5.32 Å². The number of nitrogens with one attached hydrogen (secondary N) is 1. The molecule has 0 aliphatic carbocycles. The molecule has 6 heteroatoms. The molecule has 2 aromatic carbocycles. The number of amides is 1. The van der Waals surface area contributed by atoms with Gasteiger partial charge in [0, 0.05) is 35.2 Å². The van der Waals surface area contributed by atoms with Crippen LogP contribution in [0.2, 0.25) is 5.02 Å². The van der Waals surface area contributed by atoms with Gasteiger partial charge in [-0.05, 0) is 29.3 Å². The average molecular weight is 373 g/mol. The highest BCUT2D eigenvalue weighted by Crippen LogP contribution is 2.25. The van der Waals surface area contributed by atoms with Crippen molar-refractivity contribution in [3.8, 4) is 0 Å². The molecule has 128 valence electrons. The van der Waals surface area contributed by atoms with Gasteiger partial charge in [0.15, 0.2) is 5.13 Å². The van der Waals surface area contributed by atoms with Crippen LogP contribution in [-0.2, 0) is 17.8 Å².